The van der Waals surface area contributed by atoms with Crippen LogP contribution in [0.5, 0.6) is 0 Å². The van der Waals surface area contributed by atoms with Crippen LogP contribution in [0, 0.1) is 0 Å². The van der Waals surface area contributed by atoms with Crippen LogP contribution < -0.4 is 15.6 Å². The predicted molar refractivity (Wildman–Crippen MR) is 69.7 cm³/mol. The standard InChI is InChI=1S/C11H10BrN5/c12-9-7(17-11-15-5-6-16-11)1-2-8-10(9)14-4-3-13-8/h1-4H,5-6H2,(H2,15,16,17)/p+1. The lowest BCUT2D eigenvalue weighted by Gasteiger charge is -2.05. The van der Waals surface area contributed by atoms with Gasteiger partial charge in [-0.3, -0.25) is 20.3 Å². The first kappa shape index (κ1) is 10.5. The summed E-state index contributed by atoms with van der Waals surface area (Å²) in [4.78, 5) is 11.8. The first-order valence-electron chi connectivity index (χ1n) is 5.35. The number of nitrogens with one attached hydrogen (secondary N) is 3. The van der Waals surface area contributed by atoms with Crippen LogP contribution in [0.3, 0.4) is 0 Å². The fourth-order valence-corrected chi connectivity index (χ4v) is 2.30. The van der Waals surface area contributed by atoms with Crippen molar-refractivity contribution in [3.8, 4) is 0 Å². The van der Waals surface area contributed by atoms with Gasteiger partial charge in [-0.1, -0.05) is 0 Å². The molecule has 0 bridgehead atoms. The van der Waals surface area contributed by atoms with E-state index >= 15 is 0 Å². The number of benzene rings is 1. The van der Waals surface area contributed by atoms with Gasteiger partial charge in [-0.2, -0.15) is 0 Å². The van der Waals surface area contributed by atoms with Crippen molar-refractivity contribution < 1.29 is 4.99 Å². The Morgan fingerprint density at radius 2 is 2.18 bits per heavy atom. The van der Waals surface area contributed by atoms with Gasteiger partial charge in [0.25, 0.3) is 0 Å². The molecule has 2 aromatic rings. The highest BCUT2D eigenvalue weighted by molar-refractivity contribution is 9.10. The molecule has 0 atom stereocenters. The second-order valence-corrected chi connectivity index (χ2v) is 4.50. The molecule has 0 aliphatic carbocycles. The first-order valence-corrected chi connectivity index (χ1v) is 6.15. The summed E-state index contributed by atoms with van der Waals surface area (Å²) in [6.45, 7) is 1.88. The molecule has 1 aromatic heterocycles. The summed E-state index contributed by atoms with van der Waals surface area (Å²) in [6, 6.07) is 3.93. The lowest BCUT2D eigenvalue weighted by Crippen LogP contribution is -2.72. The van der Waals surface area contributed by atoms with E-state index in [1.807, 2.05) is 12.1 Å². The molecule has 3 N–H and O–H groups in total. The Morgan fingerprint density at radius 3 is 3.00 bits per heavy atom. The van der Waals surface area contributed by atoms with Crippen molar-refractivity contribution in [3.05, 3.63) is 29.0 Å². The fraction of sp³-hybridized carbons (Fsp3) is 0.182. The van der Waals surface area contributed by atoms with Gasteiger partial charge in [0.1, 0.15) is 11.2 Å². The van der Waals surface area contributed by atoms with Crippen molar-refractivity contribution in [2.75, 3.05) is 18.4 Å². The Bertz CT molecular complexity index is 595. The van der Waals surface area contributed by atoms with Gasteiger partial charge in [-0.25, -0.2) is 5.32 Å². The van der Waals surface area contributed by atoms with E-state index in [9.17, 15) is 0 Å². The van der Waals surface area contributed by atoms with E-state index in [1.54, 1.807) is 12.4 Å². The maximum Gasteiger partial charge on any atom is 0.348 e. The van der Waals surface area contributed by atoms with E-state index in [2.05, 4.69) is 41.5 Å². The van der Waals surface area contributed by atoms with Crippen LogP contribution in [-0.2, 0) is 0 Å². The second kappa shape index (κ2) is 4.29. The quantitative estimate of drug-likeness (QED) is 0.684. The van der Waals surface area contributed by atoms with Gasteiger partial charge in [0, 0.05) is 12.4 Å². The number of anilines is 1. The molecular weight excluding hydrogens is 282 g/mol. The maximum atomic E-state index is 4.32. The summed E-state index contributed by atoms with van der Waals surface area (Å²) in [7, 11) is 0. The third-order valence-electron chi connectivity index (χ3n) is 2.57. The third-order valence-corrected chi connectivity index (χ3v) is 3.37. The van der Waals surface area contributed by atoms with Crippen molar-refractivity contribution in [1.82, 2.24) is 15.3 Å². The SMILES string of the molecule is Brc1c(NC2=[NH+]CCN2)ccc2nccnc12. The Labute approximate surface area is 107 Å². The number of fused-ring (bicyclic) bond motifs is 1. The lowest BCUT2D eigenvalue weighted by molar-refractivity contribution is -0.444. The van der Waals surface area contributed by atoms with E-state index < -0.39 is 0 Å². The average molecular weight is 293 g/mol. The molecule has 0 saturated carbocycles. The molecule has 0 spiro atoms. The Hall–Kier alpha value is -1.69. The van der Waals surface area contributed by atoms with Gasteiger partial charge in [0.15, 0.2) is 0 Å². The highest BCUT2D eigenvalue weighted by atomic mass is 79.9. The Kier molecular flexibility index (Phi) is 2.64. The summed E-state index contributed by atoms with van der Waals surface area (Å²) >= 11 is 3.56. The molecule has 3 rings (SSSR count). The minimum Gasteiger partial charge on any atom is -0.275 e. The van der Waals surface area contributed by atoms with Crippen molar-refractivity contribution in [2.45, 2.75) is 0 Å². The van der Waals surface area contributed by atoms with E-state index in [4.69, 9.17) is 0 Å². The zero-order chi connectivity index (χ0) is 11.7. The highest BCUT2D eigenvalue weighted by Gasteiger charge is 2.15. The number of aromatic nitrogens is 2. The Balaban J connectivity index is 2.02. The van der Waals surface area contributed by atoms with Gasteiger partial charge in [0.05, 0.1) is 23.1 Å². The fourth-order valence-electron chi connectivity index (χ4n) is 1.76. The third kappa shape index (κ3) is 1.95. The van der Waals surface area contributed by atoms with Crippen LogP contribution in [0.15, 0.2) is 29.0 Å². The van der Waals surface area contributed by atoms with E-state index in [0.717, 1.165) is 40.2 Å². The predicted octanol–water partition coefficient (Wildman–Crippen LogP) is -0.156. The van der Waals surface area contributed by atoms with Crippen molar-refractivity contribution >= 4 is 38.6 Å². The number of nitrogens with zero attached hydrogens (tertiary/aromatic N) is 2. The molecule has 2 heterocycles. The summed E-state index contributed by atoms with van der Waals surface area (Å²) in [5.41, 5.74) is 2.70. The van der Waals surface area contributed by atoms with Crippen LogP contribution in [0.25, 0.3) is 11.0 Å². The molecule has 0 amide bonds. The van der Waals surface area contributed by atoms with Crippen molar-refractivity contribution in [2.24, 2.45) is 0 Å². The number of rotatable bonds is 1. The molecule has 0 radical (unpaired) electrons. The molecule has 5 nitrogen and oxygen atoms in total. The summed E-state index contributed by atoms with van der Waals surface area (Å²) in [5, 5.41) is 6.50. The number of halogens is 1. The van der Waals surface area contributed by atoms with E-state index in [0.29, 0.717) is 0 Å². The molecule has 0 fully saturated rings. The minimum atomic E-state index is 0.857. The lowest BCUT2D eigenvalue weighted by atomic mass is 10.2. The molecule has 1 aliphatic rings. The molecular formula is C11H11BrN5+. The summed E-state index contributed by atoms with van der Waals surface area (Å²) in [5.74, 6) is 0.925. The largest absolute Gasteiger partial charge is 0.348 e. The summed E-state index contributed by atoms with van der Waals surface area (Å²) < 4.78 is 0.922. The average Bonchev–Trinajstić information content (AvgIpc) is 2.86. The van der Waals surface area contributed by atoms with E-state index in [1.165, 1.54) is 0 Å². The Morgan fingerprint density at radius 1 is 1.29 bits per heavy atom. The molecule has 86 valence electrons. The van der Waals surface area contributed by atoms with Gasteiger partial charge in [-0.15, -0.1) is 0 Å². The smallest absolute Gasteiger partial charge is 0.275 e. The number of guanidine groups is 1. The molecule has 17 heavy (non-hydrogen) atoms. The monoisotopic (exact) mass is 292 g/mol. The van der Waals surface area contributed by atoms with Crippen LogP contribution in [0.2, 0.25) is 0 Å². The van der Waals surface area contributed by atoms with Gasteiger partial charge >= 0.3 is 5.96 Å². The number of hydrogen-bond acceptors (Lipinski definition) is 4. The summed E-state index contributed by atoms with van der Waals surface area (Å²) in [6.07, 6.45) is 3.38. The molecule has 1 aromatic carbocycles. The second-order valence-electron chi connectivity index (χ2n) is 3.70. The van der Waals surface area contributed by atoms with Crippen LogP contribution in [0.4, 0.5) is 5.69 Å². The molecule has 0 saturated heterocycles. The molecule has 6 heteroatoms. The van der Waals surface area contributed by atoms with Crippen LogP contribution >= 0.6 is 15.9 Å². The highest BCUT2D eigenvalue weighted by Crippen LogP contribution is 2.28. The molecule has 1 aliphatic heterocycles. The minimum absolute atomic E-state index is 0.857. The topological polar surface area (TPSA) is 63.8 Å². The van der Waals surface area contributed by atoms with Crippen LogP contribution in [0.1, 0.15) is 0 Å². The van der Waals surface area contributed by atoms with Crippen LogP contribution in [-0.4, -0.2) is 29.0 Å². The maximum absolute atomic E-state index is 4.32. The zero-order valence-corrected chi connectivity index (χ0v) is 10.6. The number of hydrogen-bond donors (Lipinski definition) is 3. The van der Waals surface area contributed by atoms with E-state index in [-0.39, 0.29) is 0 Å². The van der Waals surface area contributed by atoms with Crippen molar-refractivity contribution in [1.29, 1.82) is 0 Å². The van der Waals surface area contributed by atoms with Gasteiger partial charge < -0.3 is 0 Å². The van der Waals surface area contributed by atoms with Gasteiger partial charge in [-0.05, 0) is 28.1 Å². The first-order chi connectivity index (χ1) is 8.34. The molecule has 0 unspecified atom stereocenters. The van der Waals surface area contributed by atoms with Crippen molar-refractivity contribution in [3.63, 3.8) is 0 Å². The van der Waals surface area contributed by atoms with Gasteiger partial charge in [0.2, 0.25) is 0 Å². The zero-order valence-electron chi connectivity index (χ0n) is 9.00. The normalized spacial score (nSPS) is 14.5.